The van der Waals surface area contributed by atoms with E-state index in [1.165, 1.54) is 17.0 Å². The number of benzene rings is 2. The standard InChI is InChI=1S/C20H21FN4O2/c1-22-20(23-10-9-14-5-4-6-15(21)13-14)24-11-12-25-18(26)16-7-2-3-8-17(16)19(25)27/h2-8,13H,9-12H2,1H3,(H2,22,23,24). The Kier molecular flexibility index (Phi) is 5.80. The molecule has 0 aliphatic carbocycles. The molecule has 0 bridgehead atoms. The monoisotopic (exact) mass is 368 g/mol. The molecule has 1 aliphatic rings. The molecule has 7 heteroatoms. The molecule has 0 spiro atoms. The molecule has 1 aliphatic heterocycles. The molecule has 6 nitrogen and oxygen atoms in total. The first-order chi connectivity index (χ1) is 13.1. The van der Waals surface area contributed by atoms with Crippen LogP contribution in [-0.4, -0.2) is 49.4 Å². The van der Waals surface area contributed by atoms with E-state index < -0.39 is 0 Å². The van der Waals surface area contributed by atoms with Crippen molar-refractivity contribution in [2.24, 2.45) is 4.99 Å². The van der Waals surface area contributed by atoms with Gasteiger partial charge in [0, 0.05) is 26.7 Å². The van der Waals surface area contributed by atoms with Crippen molar-refractivity contribution in [3.8, 4) is 0 Å². The highest BCUT2D eigenvalue weighted by molar-refractivity contribution is 6.21. The molecule has 0 saturated carbocycles. The van der Waals surface area contributed by atoms with E-state index in [2.05, 4.69) is 15.6 Å². The normalized spacial score (nSPS) is 13.7. The molecular formula is C20H21FN4O2. The summed E-state index contributed by atoms with van der Waals surface area (Å²) in [5, 5.41) is 6.21. The maximum Gasteiger partial charge on any atom is 0.261 e. The number of carbonyl (C=O) groups excluding carboxylic acids is 2. The highest BCUT2D eigenvalue weighted by Gasteiger charge is 2.34. The van der Waals surface area contributed by atoms with Crippen molar-refractivity contribution in [3.05, 3.63) is 71.0 Å². The van der Waals surface area contributed by atoms with Gasteiger partial charge in [0.2, 0.25) is 0 Å². The summed E-state index contributed by atoms with van der Waals surface area (Å²) < 4.78 is 13.2. The smallest absolute Gasteiger partial charge is 0.261 e. The number of hydrogen-bond acceptors (Lipinski definition) is 3. The van der Waals surface area contributed by atoms with Crippen molar-refractivity contribution in [1.29, 1.82) is 0 Å². The van der Waals surface area contributed by atoms with Crippen LogP contribution in [0.15, 0.2) is 53.5 Å². The Hall–Kier alpha value is -3.22. The molecule has 2 amide bonds. The maximum atomic E-state index is 13.2. The Balaban J connectivity index is 1.45. The molecular weight excluding hydrogens is 347 g/mol. The van der Waals surface area contributed by atoms with E-state index in [0.29, 0.717) is 36.6 Å². The number of carbonyl (C=O) groups is 2. The zero-order chi connectivity index (χ0) is 19.2. The zero-order valence-corrected chi connectivity index (χ0v) is 15.0. The van der Waals surface area contributed by atoms with Gasteiger partial charge in [0.05, 0.1) is 11.1 Å². The van der Waals surface area contributed by atoms with E-state index in [9.17, 15) is 14.0 Å². The predicted octanol–water partition coefficient (Wildman–Crippen LogP) is 1.83. The molecule has 2 N–H and O–H groups in total. The third-order valence-electron chi connectivity index (χ3n) is 4.32. The van der Waals surface area contributed by atoms with Gasteiger partial charge in [-0.25, -0.2) is 4.39 Å². The van der Waals surface area contributed by atoms with Gasteiger partial charge in [-0.1, -0.05) is 24.3 Å². The van der Waals surface area contributed by atoms with Crippen LogP contribution in [0.5, 0.6) is 0 Å². The number of halogens is 1. The van der Waals surface area contributed by atoms with Gasteiger partial charge in [0.15, 0.2) is 5.96 Å². The van der Waals surface area contributed by atoms with Crippen LogP contribution in [0.4, 0.5) is 4.39 Å². The third-order valence-corrected chi connectivity index (χ3v) is 4.32. The number of rotatable bonds is 6. The lowest BCUT2D eigenvalue weighted by atomic mass is 10.1. The second-order valence-corrected chi connectivity index (χ2v) is 6.11. The molecule has 0 saturated heterocycles. The number of amides is 2. The SMILES string of the molecule is CN=C(NCCc1cccc(F)c1)NCCN1C(=O)c2ccccc2C1=O. The lowest BCUT2D eigenvalue weighted by Crippen LogP contribution is -2.43. The molecule has 0 atom stereocenters. The molecule has 0 aromatic heterocycles. The summed E-state index contributed by atoms with van der Waals surface area (Å²) in [7, 11) is 1.64. The van der Waals surface area contributed by atoms with Gasteiger partial charge in [-0.15, -0.1) is 0 Å². The highest BCUT2D eigenvalue weighted by Crippen LogP contribution is 2.21. The Labute approximate surface area is 157 Å². The van der Waals surface area contributed by atoms with Crippen LogP contribution in [0.3, 0.4) is 0 Å². The third kappa shape index (κ3) is 4.31. The summed E-state index contributed by atoms with van der Waals surface area (Å²) in [6, 6.07) is 13.3. The van der Waals surface area contributed by atoms with E-state index in [0.717, 1.165) is 5.56 Å². The molecule has 3 rings (SSSR count). The summed E-state index contributed by atoms with van der Waals surface area (Å²) in [6.07, 6.45) is 0.650. The second-order valence-electron chi connectivity index (χ2n) is 6.11. The van der Waals surface area contributed by atoms with E-state index in [4.69, 9.17) is 0 Å². The molecule has 1 heterocycles. The van der Waals surface area contributed by atoms with Crippen LogP contribution in [0.1, 0.15) is 26.3 Å². The van der Waals surface area contributed by atoms with E-state index in [-0.39, 0.29) is 24.2 Å². The van der Waals surface area contributed by atoms with E-state index in [1.54, 1.807) is 37.4 Å². The minimum absolute atomic E-state index is 0.247. The Morgan fingerprint density at radius 3 is 2.30 bits per heavy atom. The van der Waals surface area contributed by atoms with Gasteiger partial charge in [0.1, 0.15) is 5.82 Å². The largest absolute Gasteiger partial charge is 0.356 e. The number of hydrogen-bond donors (Lipinski definition) is 2. The van der Waals surface area contributed by atoms with Gasteiger partial charge in [0.25, 0.3) is 11.8 Å². The number of nitrogens with zero attached hydrogens (tertiary/aromatic N) is 2. The lowest BCUT2D eigenvalue weighted by Gasteiger charge is -2.16. The quantitative estimate of drug-likeness (QED) is 0.464. The summed E-state index contributed by atoms with van der Waals surface area (Å²) in [5.41, 5.74) is 1.78. The minimum atomic E-state index is -0.272. The molecule has 0 fully saturated rings. The Bertz CT molecular complexity index is 847. The number of fused-ring (bicyclic) bond motifs is 1. The van der Waals surface area contributed by atoms with Crippen molar-refractivity contribution < 1.29 is 14.0 Å². The number of imide groups is 1. The van der Waals surface area contributed by atoms with Crippen molar-refractivity contribution >= 4 is 17.8 Å². The molecule has 2 aromatic carbocycles. The molecule has 140 valence electrons. The number of nitrogens with one attached hydrogen (secondary N) is 2. The van der Waals surface area contributed by atoms with Crippen LogP contribution in [0.25, 0.3) is 0 Å². The summed E-state index contributed by atoms with van der Waals surface area (Å²) in [4.78, 5) is 30.0. The van der Waals surface area contributed by atoms with E-state index >= 15 is 0 Å². The van der Waals surface area contributed by atoms with Gasteiger partial charge in [-0.3, -0.25) is 19.5 Å². The van der Waals surface area contributed by atoms with Crippen LogP contribution in [0.2, 0.25) is 0 Å². The van der Waals surface area contributed by atoms with Crippen molar-refractivity contribution in [2.45, 2.75) is 6.42 Å². The summed E-state index contributed by atoms with van der Waals surface area (Å²) in [5.74, 6) is -0.239. The first-order valence-electron chi connectivity index (χ1n) is 8.74. The molecule has 0 unspecified atom stereocenters. The first kappa shape index (κ1) is 18.6. The van der Waals surface area contributed by atoms with Gasteiger partial charge < -0.3 is 10.6 Å². The van der Waals surface area contributed by atoms with Crippen LogP contribution >= 0.6 is 0 Å². The molecule has 2 aromatic rings. The minimum Gasteiger partial charge on any atom is -0.356 e. The lowest BCUT2D eigenvalue weighted by molar-refractivity contribution is 0.0657. The van der Waals surface area contributed by atoms with Gasteiger partial charge in [-0.05, 0) is 36.2 Å². The predicted molar refractivity (Wildman–Crippen MR) is 101 cm³/mol. The highest BCUT2D eigenvalue weighted by atomic mass is 19.1. The van der Waals surface area contributed by atoms with Gasteiger partial charge >= 0.3 is 0 Å². The topological polar surface area (TPSA) is 73.8 Å². The van der Waals surface area contributed by atoms with Crippen LogP contribution in [-0.2, 0) is 6.42 Å². The fraction of sp³-hybridized carbons (Fsp3) is 0.250. The fourth-order valence-corrected chi connectivity index (χ4v) is 2.97. The molecule has 0 radical (unpaired) electrons. The number of guanidine groups is 1. The van der Waals surface area contributed by atoms with Crippen LogP contribution in [0, 0.1) is 5.82 Å². The Morgan fingerprint density at radius 2 is 1.67 bits per heavy atom. The second kappa shape index (κ2) is 8.44. The fourth-order valence-electron chi connectivity index (χ4n) is 2.97. The van der Waals surface area contributed by atoms with Crippen molar-refractivity contribution in [2.75, 3.05) is 26.7 Å². The first-order valence-corrected chi connectivity index (χ1v) is 8.74. The van der Waals surface area contributed by atoms with Gasteiger partial charge in [-0.2, -0.15) is 0 Å². The zero-order valence-electron chi connectivity index (χ0n) is 15.0. The van der Waals surface area contributed by atoms with Crippen molar-refractivity contribution in [3.63, 3.8) is 0 Å². The number of aliphatic imine (C=N–C) groups is 1. The average Bonchev–Trinajstić information content (AvgIpc) is 2.92. The summed E-state index contributed by atoms with van der Waals surface area (Å²) in [6.45, 7) is 1.21. The van der Waals surface area contributed by atoms with Crippen molar-refractivity contribution in [1.82, 2.24) is 15.5 Å². The summed E-state index contributed by atoms with van der Waals surface area (Å²) >= 11 is 0. The molecule has 27 heavy (non-hydrogen) atoms. The maximum absolute atomic E-state index is 13.2. The van der Waals surface area contributed by atoms with Crippen LogP contribution < -0.4 is 10.6 Å². The Morgan fingerprint density at radius 1 is 1.00 bits per heavy atom. The van der Waals surface area contributed by atoms with E-state index in [1.807, 2.05) is 6.07 Å². The average molecular weight is 368 g/mol.